The van der Waals surface area contributed by atoms with Gasteiger partial charge in [0, 0.05) is 31.0 Å². The summed E-state index contributed by atoms with van der Waals surface area (Å²) >= 11 is 0. The number of nitrogens with zero attached hydrogens (tertiary/aromatic N) is 1. The Morgan fingerprint density at radius 3 is 3.29 bits per heavy atom. The molecular formula is C11H12N2O. The Labute approximate surface area is 83.5 Å². The maximum Gasteiger partial charge on any atom is 0.131 e. The largest absolute Gasteiger partial charge is 0.363 e. The Morgan fingerprint density at radius 2 is 2.57 bits per heavy atom. The van der Waals surface area contributed by atoms with E-state index in [1.54, 1.807) is 12.4 Å². The summed E-state index contributed by atoms with van der Waals surface area (Å²) in [6.07, 6.45) is 3.51. The normalized spacial score (nSPS) is 21.0. The van der Waals surface area contributed by atoms with Crippen LogP contribution in [-0.2, 0) is 4.74 Å². The van der Waals surface area contributed by atoms with Crippen LogP contribution < -0.4 is 5.32 Å². The highest BCUT2D eigenvalue weighted by Gasteiger charge is 2.08. The monoisotopic (exact) mass is 188 g/mol. The molecule has 0 saturated carbocycles. The number of ether oxygens (including phenoxy) is 1. The molecule has 0 aromatic carbocycles. The van der Waals surface area contributed by atoms with E-state index in [-0.39, 0.29) is 6.10 Å². The van der Waals surface area contributed by atoms with E-state index in [0.717, 1.165) is 25.3 Å². The van der Waals surface area contributed by atoms with E-state index in [4.69, 9.17) is 4.74 Å². The van der Waals surface area contributed by atoms with E-state index in [9.17, 15) is 0 Å². The summed E-state index contributed by atoms with van der Waals surface area (Å²) in [5.41, 5.74) is 0.932. The second-order valence-corrected chi connectivity index (χ2v) is 3.07. The quantitative estimate of drug-likeness (QED) is 0.599. The van der Waals surface area contributed by atoms with Crippen molar-refractivity contribution < 1.29 is 4.74 Å². The molecule has 72 valence electrons. The molecule has 0 radical (unpaired) electrons. The first kappa shape index (κ1) is 9.20. The lowest BCUT2D eigenvalue weighted by molar-refractivity contribution is 0.0651. The maximum atomic E-state index is 5.44. The van der Waals surface area contributed by atoms with Crippen LogP contribution in [0.1, 0.15) is 5.56 Å². The van der Waals surface area contributed by atoms with E-state index in [1.165, 1.54) is 0 Å². The number of pyridine rings is 1. The van der Waals surface area contributed by atoms with Crippen molar-refractivity contribution >= 4 is 0 Å². The van der Waals surface area contributed by atoms with Gasteiger partial charge in [-0.05, 0) is 12.1 Å². The molecular weight excluding hydrogens is 176 g/mol. The highest BCUT2D eigenvalue weighted by Crippen LogP contribution is 1.96. The molecule has 0 aliphatic carbocycles. The summed E-state index contributed by atoms with van der Waals surface area (Å²) in [6, 6.07) is 3.82. The van der Waals surface area contributed by atoms with Crippen LogP contribution in [0.4, 0.5) is 0 Å². The minimum absolute atomic E-state index is 0.0176. The molecule has 0 spiro atoms. The van der Waals surface area contributed by atoms with Gasteiger partial charge in [-0.3, -0.25) is 4.98 Å². The van der Waals surface area contributed by atoms with Crippen LogP contribution in [-0.4, -0.2) is 30.8 Å². The number of morpholine rings is 1. The molecule has 1 N–H and O–H groups in total. The van der Waals surface area contributed by atoms with Crippen molar-refractivity contribution in [3.05, 3.63) is 30.1 Å². The van der Waals surface area contributed by atoms with Crippen LogP contribution in [0.2, 0.25) is 0 Å². The SMILES string of the molecule is C(#CC1CNCCO1)c1cccnc1. The van der Waals surface area contributed by atoms with Crippen molar-refractivity contribution in [2.24, 2.45) is 0 Å². The first-order chi connectivity index (χ1) is 6.95. The first-order valence-electron chi connectivity index (χ1n) is 4.69. The minimum Gasteiger partial charge on any atom is -0.363 e. The van der Waals surface area contributed by atoms with Crippen LogP contribution >= 0.6 is 0 Å². The molecule has 1 atom stereocenters. The second-order valence-electron chi connectivity index (χ2n) is 3.07. The fraction of sp³-hybridized carbons (Fsp3) is 0.364. The molecule has 1 fully saturated rings. The summed E-state index contributed by atoms with van der Waals surface area (Å²) in [5, 5.41) is 3.23. The van der Waals surface area contributed by atoms with Crippen LogP contribution in [0.25, 0.3) is 0 Å². The van der Waals surface area contributed by atoms with Gasteiger partial charge in [-0.2, -0.15) is 0 Å². The maximum absolute atomic E-state index is 5.44. The zero-order valence-corrected chi connectivity index (χ0v) is 7.86. The Morgan fingerprint density at radius 1 is 1.57 bits per heavy atom. The molecule has 1 aromatic heterocycles. The first-order valence-corrected chi connectivity index (χ1v) is 4.69. The van der Waals surface area contributed by atoms with Gasteiger partial charge in [0.25, 0.3) is 0 Å². The van der Waals surface area contributed by atoms with Gasteiger partial charge in [-0.25, -0.2) is 0 Å². The lowest BCUT2D eigenvalue weighted by Crippen LogP contribution is -2.37. The summed E-state index contributed by atoms with van der Waals surface area (Å²) in [6.45, 7) is 2.48. The molecule has 2 heterocycles. The standard InChI is InChI=1S/C11H12N2O/c1-2-10(8-12-5-1)3-4-11-9-13-6-7-14-11/h1-2,5,8,11,13H,6-7,9H2. The zero-order chi connectivity index (χ0) is 9.64. The fourth-order valence-electron chi connectivity index (χ4n) is 1.26. The number of hydrogen-bond donors (Lipinski definition) is 1. The molecule has 1 aliphatic heterocycles. The molecule has 3 nitrogen and oxygen atoms in total. The Hall–Kier alpha value is -1.37. The molecule has 0 bridgehead atoms. The molecule has 0 amide bonds. The third kappa shape index (κ3) is 2.56. The van der Waals surface area contributed by atoms with Gasteiger partial charge >= 0.3 is 0 Å². The predicted octanol–water partition coefficient (Wildman–Crippen LogP) is 0.421. The lowest BCUT2D eigenvalue weighted by Gasteiger charge is -2.18. The van der Waals surface area contributed by atoms with Gasteiger partial charge in [0.15, 0.2) is 0 Å². The van der Waals surface area contributed by atoms with E-state index in [1.807, 2.05) is 12.1 Å². The van der Waals surface area contributed by atoms with Crippen LogP contribution in [0.5, 0.6) is 0 Å². The Bertz CT molecular complexity index is 333. The second kappa shape index (κ2) is 4.75. The summed E-state index contributed by atoms with van der Waals surface area (Å²) in [4.78, 5) is 3.99. The van der Waals surface area contributed by atoms with Gasteiger partial charge in [-0.15, -0.1) is 0 Å². The molecule has 3 heteroatoms. The molecule has 14 heavy (non-hydrogen) atoms. The number of rotatable bonds is 0. The molecule has 1 saturated heterocycles. The molecule has 1 aliphatic rings. The highest BCUT2D eigenvalue weighted by atomic mass is 16.5. The predicted molar refractivity (Wildman–Crippen MR) is 53.7 cm³/mol. The summed E-state index contributed by atoms with van der Waals surface area (Å²) in [5.74, 6) is 6.10. The van der Waals surface area contributed by atoms with Crippen LogP contribution in [0, 0.1) is 11.8 Å². The summed E-state index contributed by atoms with van der Waals surface area (Å²) < 4.78 is 5.44. The van der Waals surface area contributed by atoms with Gasteiger partial charge in [0.2, 0.25) is 0 Å². The van der Waals surface area contributed by atoms with E-state index >= 15 is 0 Å². The minimum atomic E-state index is 0.0176. The average Bonchev–Trinajstić information content (AvgIpc) is 2.29. The van der Waals surface area contributed by atoms with Crippen molar-refractivity contribution in [2.45, 2.75) is 6.10 Å². The van der Waals surface area contributed by atoms with Crippen molar-refractivity contribution in [3.63, 3.8) is 0 Å². The molecule has 2 rings (SSSR count). The van der Waals surface area contributed by atoms with Gasteiger partial charge in [-0.1, -0.05) is 11.8 Å². The van der Waals surface area contributed by atoms with Crippen molar-refractivity contribution in [1.82, 2.24) is 10.3 Å². The topological polar surface area (TPSA) is 34.1 Å². The van der Waals surface area contributed by atoms with E-state index in [2.05, 4.69) is 22.1 Å². The van der Waals surface area contributed by atoms with Gasteiger partial charge < -0.3 is 10.1 Å². The van der Waals surface area contributed by atoms with Crippen LogP contribution in [0.15, 0.2) is 24.5 Å². The Balaban J connectivity index is 1.99. The number of aromatic nitrogens is 1. The fourth-order valence-corrected chi connectivity index (χ4v) is 1.26. The van der Waals surface area contributed by atoms with E-state index in [0.29, 0.717) is 0 Å². The van der Waals surface area contributed by atoms with E-state index < -0.39 is 0 Å². The van der Waals surface area contributed by atoms with Gasteiger partial charge in [0.1, 0.15) is 6.10 Å². The van der Waals surface area contributed by atoms with Crippen molar-refractivity contribution in [1.29, 1.82) is 0 Å². The smallest absolute Gasteiger partial charge is 0.131 e. The summed E-state index contributed by atoms with van der Waals surface area (Å²) in [7, 11) is 0. The average molecular weight is 188 g/mol. The third-order valence-corrected chi connectivity index (χ3v) is 1.97. The molecule has 1 unspecified atom stereocenters. The van der Waals surface area contributed by atoms with Crippen molar-refractivity contribution in [2.75, 3.05) is 19.7 Å². The zero-order valence-electron chi connectivity index (χ0n) is 7.86. The number of hydrogen-bond acceptors (Lipinski definition) is 3. The lowest BCUT2D eigenvalue weighted by atomic mass is 10.2. The van der Waals surface area contributed by atoms with Crippen LogP contribution in [0.3, 0.4) is 0 Å². The number of nitrogens with one attached hydrogen (secondary N) is 1. The van der Waals surface area contributed by atoms with Gasteiger partial charge in [0.05, 0.1) is 6.61 Å². The third-order valence-electron chi connectivity index (χ3n) is 1.97. The molecule has 1 aromatic rings. The highest BCUT2D eigenvalue weighted by molar-refractivity contribution is 5.32. The van der Waals surface area contributed by atoms with Crippen molar-refractivity contribution in [3.8, 4) is 11.8 Å². The Kier molecular flexibility index (Phi) is 3.12.